The average molecular weight is 342 g/mol. The summed E-state index contributed by atoms with van der Waals surface area (Å²) in [6, 6.07) is 0. The highest BCUT2D eigenvalue weighted by molar-refractivity contribution is 5.80. The molecule has 24 heavy (non-hydrogen) atoms. The van der Waals surface area contributed by atoms with Gasteiger partial charge in [0.2, 0.25) is 0 Å². The molecular formula is C18H30O6. The maximum Gasteiger partial charge on any atom is 0.328 e. The second-order valence-corrected chi connectivity index (χ2v) is 6.01. The zero-order valence-electron chi connectivity index (χ0n) is 14.2. The molecule has 0 saturated heterocycles. The summed E-state index contributed by atoms with van der Waals surface area (Å²) in [5, 5.41) is 35.9. The number of unbranched alkanes of at least 4 members (excludes halogenated alkanes) is 9. The van der Waals surface area contributed by atoms with Crippen molar-refractivity contribution in [2.45, 2.75) is 76.4 Å². The number of hydrogen-bond donors (Lipinski definition) is 4. The number of aliphatic hydroxyl groups is 2. The lowest BCUT2D eigenvalue weighted by atomic mass is 10.0. The molecule has 0 aromatic carbocycles. The van der Waals surface area contributed by atoms with Crippen LogP contribution in [0.25, 0.3) is 0 Å². The number of rotatable bonds is 15. The van der Waals surface area contributed by atoms with E-state index in [-0.39, 0.29) is 6.42 Å². The lowest BCUT2D eigenvalue weighted by Gasteiger charge is -2.16. The molecule has 0 bridgehead atoms. The molecule has 0 aromatic rings. The molecule has 0 rings (SSSR count). The maximum atomic E-state index is 10.3. The molecule has 0 aliphatic carbocycles. The number of carboxylic acids is 2. The molecular weight excluding hydrogens is 312 g/mol. The molecule has 138 valence electrons. The normalized spacial score (nSPS) is 12.2. The number of carbonyl (C=O) groups is 2. The Kier molecular flexibility index (Phi) is 12.8. The second-order valence-electron chi connectivity index (χ2n) is 6.01. The highest BCUT2D eigenvalue weighted by atomic mass is 16.5. The Balaban J connectivity index is 3.39. The number of hydrogen-bond acceptors (Lipinski definition) is 4. The van der Waals surface area contributed by atoms with Gasteiger partial charge in [-0.25, -0.2) is 9.59 Å². The van der Waals surface area contributed by atoms with Crippen LogP contribution in [0.1, 0.15) is 70.6 Å². The monoisotopic (exact) mass is 342 g/mol. The van der Waals surface area contributed by atoms with Gasteiger partial charge in [0.25, 0.3) is 0 Å². The van der Waals surface area contributed by atoms with E-state index in [2.05, 4.69) is 0 Å². The van der Waals surface area contributed by atoms with E-state index in [1.54, 1.807) is 6.08 Å². The third-order valence-electron chi connectivity index (χ3n) is 3.67. The van der Waals surface area contributed by atoms with E-state index in [1.807, 2.05) is 0 Å². The fraction of sp³-hybridized carbons (Fsp3) is 0.667. The van der Waals surface area contributed by atoms with Gasteiger partial charge >= 0.3 is 11.9 Å². The van der Waals surface area contributed by atoms with E-state index in [0.717, 1.165) is 69.9 Å². The summed E-state index contributed by atoms with van der Waals surface area (Å²) in [6.45, 7) is 0. The molecule has 0 radical (unpaired) electrons. The number of allylic oxidation sites excluding steroid dienone is 1. The largest absolute Gasteiger partial charge is 0.478 e. The molecule has 0 heterocycles. The quantitative estimate of drug-likeness (QED) is 0.206. The zero-order valence-corrected chi connectivity index (χ0v) is 14.2. The van der Waals surface area contributed by atoms with E-state index in [4.69, 9.17) is 10.2 Å². The summed E-state index contributed by atoms with van der Waals surface area (Å²) < 4.78 is 0. The van der Waals surface area contributed by atoms with Crippen molar-refractivity contribution in [2.24, 2.45) is 0 Å². The Morgan fingerprint density at radius 1 is 0.708 bits per heavy atom. The molecule has 6 heteroatoms. The predicted molar refractivity (Wildman–Crippen MR) is 91.5 cm³/mol. The van der Waals surface area contributed by atoms with Gasteiger partial charge < -0.3 is 20.4 Å². The lowest BCUT2D eigenvalue weighted by Crippen LogP contribution is -2.25. The molecule has 0 aliphatic heterocycles. The molecule has 6 nitrogen and oxygen atoms in total. The van der Waals surface area contributed by atoms with Gasteiger partial charge in [-0.15, -0.1) is 0 Å². The Bertz CT molecular complexity index is 412. The highest BCUT2D eigenvalue weighted by Crippen LogP contribution is 2.16. The minimum atomic E-state index is -2.03. The highest BCUT2D eigenvalue weighted by Gasteiger charge is 2.18. The molecule has 0 saturated carbocycles. The van der Waals surface area contributed by atoms with Crippen LogP contribution in [-0.4, -0.2) is 38.2 Å². The zero-order chi connectivity index (χ0) is 18.3. The van der Waals surface area contributed by atoms with E-state index in [9.17, 15) is 19.8 Å². The van der Waals surface area contributed by atoms with Crippen molar-refractivity contribution < 1.29 is 30.0 Å². The van der Waals surface area contributed by atoms with Gasteiger partial charge in [0, 0.05) is 18.6 Å². The molecule has 0 spiro atoms. The van der Waals surface area contributed by atoms with Gasteiger partial charge in [0.05, 0.1) is 0 Å². The van der Waals surface area contributed by atoms with E-state index >= 15 is 0 Å². The van der Waals surface area contributed by atoms with Gasteiger partial charge in [-0.3, -0.25) is 0 Å². The van der Waals surface area contributed by atoms with Crippen LogP contribution in [0.4, 0.5) is 0 Å². The van der Waals surface area contributed by atoms with E-state index < -0.39 is 17.7 Å². The van der Waals surface area contributed by atoms with Crippen LogP contribution < -0.4 is 0 Å². The van der Waals surface area contributed by atoms with Crippen LogP contribution in [0.2, 0.25) is 0 Å². The van der Waals surface area contributed by atoms with Crippen molar-refractivity contribution in [3.8, 4) is 0 Å². The fourth-order valence-corrected chi connectivity index (χ4v) is 2.36. The molecule has 0 unspecified atom stereocenters. The van der Waals surface area contributed by atoms with Crippen molar-refractivity contribution in [1.29, 1.82) is 0 Å². The first-order valence-corrected chi connectivity index (χ1v) is 8.60. The summed E-state index contributed by atoms with van der Waals surface area (Å²) >= 11 is 0. The minimum Gasteiger partial charge on any atom is -0.478 e. The average Bonchev–Trinajstić information content (AvgIpc) is 2.49. The maximum absolute atomic E-state index is 10.3. The molecule has 0 amide bonds. The van der Waals surface area contributed by atoms with Crippen LogP contribution in [0, 0.1) is 0 Å². The van der Waals surface area contributed by atoms with Crippen LogP contribution in [-0.2, 0) is 9.59 Å². The van der Waals surface area contributed by atoms with Gasteiger partial charge in [-0.05, 0) is 25.3 Å². The standard InChI is InChI=1S/C18H30O6/c19-16(20)12-10-8-6-4-2-1-3-5-7-9-11-14-18(23,24)15-13-17(21)22/h10,12-13,15,23-24H,1-9,11,14H2,(H,19,20)(H,21,22). The summed E-state index contributed by atoms with van der Waals surface area (Å²) in [7, 11) is 0. The third-order valence-corrected chi connectivity index (χ3v) is 3.67. The van der Waals surface area contributed by atoms with E-state index in [0.29, 0.717) is 6.42 Å². The van der Waals surface area contributed by atoms with Crippen molar-refractivity contribution in [3.05, 3.63) is 24.3 Å². The van der Waals surface area contributed by atoms with Crippen LogP contribution in [0.15, 0.2) is 24.3 Å². The van der Waals surface area contributed by atoms with Crippen molar-refractivity contribution >= 4 is 11.9 Å². The second kappa shape index (κ2) is 13.7. The van der Waals surface area contributed by atoms with E-state index in [1.165, 1.54) is 6.08 Å². The Morgan fingerprint density at radius 3 is 1.67 bits per heavy atom. The molecule has 0 aliphatic rings. The summed E-state index contributed by atoms with van der Waals surface area (Å²) in [5.74, 6) is -4.12. The van der Waals surface area contributed by atoms with Crippen molar-refractivity contribution in [2.75, 3.05) is 0 Å². The smallest absolute Gasteiger partial charge is 0.328 e. The van der Waals surface area contributed by atoms with Crippen LogP contribution >= 0.6 is 0 Å². The lowest BCUT2D eigenvalue weighted by molar-refractivity contribution is -0.134. The van der Waals surface area contributed by atoms with Crippen molar-refractivity contribution in [1.82, 2.24) is 0 Å². The Labute approximate surface area is 143 Å². The molecule has 0 aromatic heterocycles. The third kappa shape index (κ3) is 16.7. The first kappa shape index (κ1) is 22.3. The van der Waals surface area contributed by atoms with Gasteiger partial charge in [-0.2, -0.15) is 0 Å². The fourth-order valence-electron chi connectivity index (χ4n) is 2.36. The summed E-state index contributed by atoms with van der Waals surface area (Å²) in [4.78, 5) is 20.6. The van der Waals surface area contributed by atoms with Gasteiger partial charge in [0.1, 0.15) is 0 Å². The number of carboxylic acid groups (broad SMARTS) is 2. The predicted octanol–water partition coefficient (Wildman–Crippen LogP) is 3.24. The number of aliphatic carboxylic acids is 2. The Hall–Kier alpha value is -1.66. The summed E-state index contributed by atoms with van der Waals surface area (Å²) in [5.41, 5.74) is 0. The molecule has 0 fully saturated rings. The first-order valence-electron chi connectivity index (χ1n) is 8.60. The first-order chi connectivity index (χ1) is 11.3. The molecule has 0 atom stereocenters. The van der Waals surface area contributed by atoms with Crippen LogP contribution in [0.3, 0.4) is 0 Å². The topological polar surface area (TPSA) is 115 Å². The SMILES string of the molecule is O=C(O)C=CCCCCCCCCCCCC(O)(O)C=CC(=O)O. The minimum absolute atomic E-state index is 0.140. The van der Waals surface area contributed by atoms with Gasteiger partial charge in [-0.1, -0.05) is 51.0 Å². The van der Waals surface area contributed by atoms with Gasteiger partial charge in [0.15, 0.2) is 5.79 Å². The van der Waals surface area contributed by atoms with Crippen molar-refractivity contribution in [3.63, 3.8) is 0 Å². The molecule has 4 N–H and O–H groups in total. The summed E-state index contributed by atoms with van der Waals surface area (Å²) in [6.07, 6.45) is 14.7. The Morgan fingerprint density at radius 2 is 1.17 bits per heavy atom. The van der Waals surface area contributed by atoms with Crippen LogP contribution in [0.5, 0.6) is 0 Å².